The third-order valence-corrected chi connectivity index (χ3v) is 7.15. The third kappa shape index (κ3) is 2.48. The third-order valence-electron chi connectivity index (χ3n) is 5.84. The van der Waals surface area contributed by atoms with Crippen molar-refractivity contribution in [3.63, 3.8) is 0 Å². The Morgan fingerprint density at radius 2 is 2.04 bits per heavy atom. The van der Waals surface area contributed by atoms with Crippen LogP contribution >= 0.6 is 11.3 Å². The summed E-state index contributed by atoms with van der Waals surface area (Å²) in [6.45, 7) is 3.03. The van der Waals surface area contributed by atoms with Crippen molar-refractivity contribution in [3.8, 4) is 0 Å². The Morgan fingerprint density at radius 3 is 2.64 bits per heavy atom. The number of fused-ring (bicyclic) bond motifs is 2. The number of nitrogens with two attached hydrogens (primary N) is 2. The van der Waals surface area contributed by atoms with Gasteiger partial charge in [0, 0.05) is 30.6 Å². The number of carbonyl (C=O) groups is 1. The largest absolute Gasteiger partial charge is 0.367 e. The molecule has 1 saturated heterocycles. The van der Waals surface area contributed by atoms with Gasteiger partial charge in [0.05, 0.1) is 21.5 Å². The van der Waals surface area contributed by atoms with Gasteiger partial charge in [-0.25, -0.2) is 4.39 Å². The van der Waals surface area contributed by atoms with Crippen LogP contribution in [0.4, 0.5) is 10.1 Å². The molecule has 0 bridgehead atoms. The van der Waals surface area contributed by atoms with Gasteiger partial charge in [-0.1, -0.05) is 0 Å². The molecule has 5 rings (SSSR count). The Bertz CT molecular complexity index is 1210. The molecule has 0 spiro atoms. The van der Waals surface area contributed by atoms with E-state index in [9.17, 15) is 14.0 Å². The molecule has 6 nitrogen and oxygen atoms in total. The SMILES string of the molecule is Cc1c(C(N)=O)sc2c1c(=O)c1cc(F)c(N3CCC(N)C3)cc1n2C1CC1. The number of pyridine rings is 1. The Hall–Kier alpha value is -2.45. The summed E-state index contributed by atoms with van der Waals surface area (Å²) in [5.41, 5.74) is 13.1. The number of rotatable bonds is 3. The second kappa shape index (κ2) is 6.02. The standard InChI is InChI=1S/C20H21FN4O2S/c1-9-16-17(26)12-6-13(21)15(24-5-4-10(22)8-24)7-14(12)25(11-2-3-11)20(16)28-18(9)19(23)27/h6-7,10-11H,2-5,8,22H2,1H3,(H2,23,27). The number of carbonyl (C=O) groups excluding carboxylic acids is 1. The number of aryl methyl sites for hydroxylation is 1. The maximum atomic E-state index is 15.0. The highest BCUT2D eigenvalue weighted by molar-refractivity contribution is 7.20. The van der Waals surface area contributed by atoms with Crippen molar-refractivity contribution in [2.45, 2.75) is 38.3 Å². The number of halogens is 1. The van der Waals surface area contributed by atoms with Gasteiger partial charge < -0.3 is 20.9 Å². The molecular formula is C20H21FN4O2S. The number of nitrogens with zero attached hydrogens (tertiary/aromatic N) is 2. The van der Waals surface area contributed by atoms with Crippen molar-refractivity contribution in [1.29, 1.82) is 0 Å². The van der Waals surface area contributed by atoms with E-state index in [1.807, 2.05) is 4.90 Å². The first-order chi connectivity index (χ1) is 13.4. The van der Waals surface area contributed by atoms with E-state index < -0.39 is 11.7 Å². The van der Waals surface area contributed by atoms with Crippen LogP contribution in [0, 0.1) is 12.7 Å². The second-order valence-electron chi connectivity index (χ2n) is 7.85. The molecule has 1 atom stereocenters. The van der Waals surface area contributed by atoms with E-state index >= 15 is 0 Å². The molecule has 2 aliphatic rings. The van der Waals surface area contributed by atoms with E-state index in [4.69, 9.17) is 11.5 Å². The van der Waals surface area contributed by atoms with Crippen LogP contribution in [-0.4, -0.2) is 29.6 Å². The summed E-state index contributed by atoms with van der Waals surface area (Å²) < 4.78 is 17.1. The Balaban J connectivity index is 1.86. The predicted molar refractivity (Wildman–Crippen MR) is 110 cm³/mol. The molecule has 1 aliphatic carbocycles. The molecule has 28 heavy (non-hydrogen) atoms. The molecule has 1 saturated carbocycles. The molecule has 2 fully saturated rings. The Labute approximate surface area is 164 Å². The van der Waals surface area contributed by atoms with Gasteiger partial charge in [-0.05, 0) is 43.9 Å². The number of benzene rings is 1. The number of primary amides is 1. The zero-order valence-corrected chi connectivity index (χ0v) is 16.3. The van der Waals surface area contributed by atoms with Crippen LogP contribution in [-0.2, 0) is 0 Å². The van der Waals surface area contributed by atoms with E-state index in [2.05, 4.69) is 4.57 Å². The fourth-order valence-electron chi connectivity index (χ4n) is 4.29. The minimum atomic E-state index is -0.539. The van der Waals surface area contributed by atoms with Crippen molar-refractivity contribution < 1.29 is 9.18 Å². The Morgan fingerprint density at radius 1 is 1.29 bits per heavy atom. The lowest BCUT2D eigenvalue weighted by molar-refractivity contribution is 0.100. The van der Waals surface area contributed by atoms with Crippen molar-refractivity contribution in [3.05, 3.63) is 38.6 Å². The lowest BCUT2D eigenvalue weighted by Gasteiger charge is -2.21. The normalized spacial score (nSPS) is 19.8. The Kier molecular flexibility index (Phi) is 3.79. The number of amides is 1. The molecule has 0 radical (unpaired) electrons. The smallest absolute Gasteiger partial charge is 0.259 e. The van der Waals surface area contributed by atoms with Crippen molar-refractivity contribution in [2.24, 2.45) is 11.5 Å². The van der Waals surface area contributed by atoms with Gasteiger partial charge in [0.15, 0.2) is 5.43 Å². The van der Waals surface area contributed by atoms with E-state index in [1.54, 1.807) is 13.0 Å². The van der Waals surface area contributed by atoms with Crippen LogP contribution < -0.4 is 21.8 Å². The van der Waals surface area contributed by atoms with E-state index in [0.29, 0.717) is 45.5 Å². The molecule has 8 heteroatoms. The molecule has 1 aromatic carbocycles. The van der Waals surface area contributed by atoms with Crippen LogP contribution in [0.1, 0.15) is 40.5 Å². The first-order valence-electron chi connectivity index (χ1n) is 9.48. The van der Waals surface area contributed by atoms with Gasteiger partial charge in [-0.2, -0.15) is 0 Å². The molecule has 2 aromatic heterocycles. The van der Waals surface area contributed by atoms with Crippen molar-refractivity contribution >= 4 is 44.1 Å². The number of aromatic nitrogens is 1. The number of thiophene rings is 1. The summed E-state index contributed by atoms with van der Waals surface area (Å²) >= 11 is 1.26. The van der Waals surface area contributed by atoms with Crippen molar-refractivity contribution in [1.82, 2.24) is 4.57 Å². The van der Waals surface area contributed by atoms with Gasteiger partial charge in [-0.3, -0.25) is 9.59 Å². The van der Waals surface area contributed by atoms with Gasteiger partial charge in [0.1, 0.15) is 10.6 Å². The fraction of sp³-hybridized carbons (Fsp3) is 0.400. The number of anilines is 1. The number of hydrogen-bond acceptors (Lipinski definition) is 5. The first-order valence-corrected chi connectivity index (χ1v) is 10.3. The van der Waals surface area contributed by atoms with Crippen molar-refractivity contribution in [2.75, 3.05) is 18.0 Å². The first kappa shape index (κ1) is 17.6. The minimum Gasteiger partial charge on any atom is -0.367 e. The lowest BCUT2D eigenvalue weighted by Crippen LogP contribution is -2.27. The van der Waals surface area contributed by atoms with E-state index in [1.165, 1.54) is 17.4 Å². The van der Waals surface area contributed by atoms with Crippen LogP contribution in [0.5, 0.6) is 0 Å². The van der Waals surface area contributed by atoms with Crippen LogP contribution in [0.3, 0.4) is 0 Å². The maximum Gasteiger partial charge on any atom is 0.259 e. The highest BCUT2D eigenvalue weighted by Crippen LogP contribution is 2.43. The highest BCUT2D eigenvalue weighted by atomic mass is 32.1. The molecular weight excluding hydrogens is 379 g/mol. The molecule has 3 aromatic rings. The molecule has 146 valence electrons. The predicted octanol–water partition coefficient (Wildman–Crippen LogP) is 2.63. The van der Waals surface area contributed by atoms with E-state index in [-0.39, 0.29) is 17.5 Å². The minimum absolute atomic E-state index is 0.0290. The summed E-state index contributed by atoms with van der Waals surface area (Å²) in [6, 6.07) is 3.40. The average molecular weight is 400 g/mol. The van der Waals surface area contributed by atoms with Crippen LogP contribution in [0.15, 0.2) is 16.9 Å². The number of hydrogen-bond donors (Lipinski definition) is 2. The summed E-state index contributed by atoms with van der Waals surface area (Å²) in [4.78, 5) is 28.2. The summed E-state index contributed by atoms with van der Waals surface area (Å²) in [5, 5.41) is 0.828. The van der Waals surface area contributed by atoms with Gasteiger partial charge in [0.2, 0.25) is 0 Å². The molecule has 1 unspecified atom stereocenters. The van der Waals surface area contributed by atoms with Gasteiger partial charge >= 0.3 is 0 Å². The molecule has 1 amide bonds. The highest BCUT2D eigenvalue weighted by Gasteiger charge is 2.31. The van der Waals surface area contributed by atoms with Gasteiger partial charge in [0.25, 0.3) is 5.91 Å². The quantitative estimate of drug-likeness (QED) is 0.707. The van der Waals surface area contributed by atoms with Gasteiger partial charge in [-0.15, -0.1) is 11.3 Å². The lowest BCUT2D eigenvalue weighted by atomic mass is 10.1. The van der Waals surface area contributed by atoms with Crippen LogP contribution in [0.25, 0.3) is 21.1 Å². The topological polar surface area (TPSA) is 94.3 Å². The zero-order valence-electron chi connectivity index (χ0n) is 15.5. The molecule has 4 N–H and O–H groups in total. The average Bonchev–Trinajstić information content (AvgIpc) is 3.29. The monoisotopic (exact) mass is 400 g/mol. The molecule has 1 aliphatic heterocycles. The fourth-order valence-corrected chi connectivity index (χ4v) is 5.53. The van der Waals surface area contributed by atoms with Crippen LogP contribution in [0.2, 0.25) is 0 Å². The summed E-state index contributed by atoms with van der Waals surface area (Å²) in [5.74, 6) is -0.953. The zero-order chi connectivity index (χ0) is 19.7. The summed E-state index contributed by atoms with van der Waals surface area (Å²) in [6.07, 6.45) is 2.81. The summed E-state index contributed by atoms with van der Waals surface area (Å²) in [7, 11) is 0. The maximum absolute atomic E-state index is 15.0. The second-order valence-corrected chi connectivity index (χ2v) is 8.85. The molecule has 3 heterocycles. The van der Waals surface area contributed by atoms with E-state index in [0.717, 1.165) is 24.1 Å².